The molecule has 0 saturated heterocycles. The first-order valence-electron chi connectivity index (χ1n) is 5.23. The average Bonchev–Trinajstić information content (AvgIpc) is 2.24. The predicted molar refractivity (Wildman–Crippen MR) is 64.2 cm³/mol. The van der Waals surface area contributed by atoms with Gasteiger partial charge in [0.2, 0.25) is 0 Å². The molecule has 0 aromatic rings. The minimum Gasteiger partial charge on any atom is -0.390 e. The fourth-order valence-corrected chi connectivity index (χ4v) is 1.93. The largest absolute Gasteiger partial charge is 0.390 e. The van der Waals surface area contributed by atoms with Gasteiger partial charge in [-0.3, -0.25) is 0 Å². The molecule has 0 saturated carbocycles. The number of rotatable bonds is 10. The molecular formula is C10H23NO3S. The molecule has 3 N–H and O–H groups in total. The van der Waals surface area contributed by atoms with E-state index >= 15 is 0 Å². The molecule has 0 aliphatic heterocycles. The van der Waals surface area contributed by atoms with Gasteiger partial charge >= 0.3 is 0 Å². The normalized spacial score (nSPS) is 15.2. The zero-order chi connectivity index (χ0) is 11.5. The Morgan fingerprint density at radius 3 is 2.67 bits per heavy atom. The molecule has 0 spiro atoms. The highest BCUT2D eigenvalue weighted by atomic mass is 32.2. The first kappa shape index (κ1) is 15.2. The fraction of sp³-hybridized carbons (Fsp3) is 1.00. The van der Waals surface area contributed by atoms with E-state index in [1.165, 1.54) is 0 Å². The predicted octanol–water partition coefficient (Wildman–Crippen LogP) is 0.338. The Balaban J connectivity index is 3.21. The number of hydrogen-bond acceptors (Lipinski definition) is 5. The smallest absolute Gasteiger partial charge is 0.0863 e. The quantitative estimate of drug-likeness (QED) is 0.536. The van der Waals surface area contributed by atoms with Gasteiger partial charge in [0, 0.05) is 12.9 Å². The molecule has 0 aliphatic carbocycles. The summed E-state index contributed by atoms with van der Waals surface area (Å²) in [6.07, 6.45) is -0.392. The number of thioether (sulfide) groups is 1. The van der Waals surface area contributed by atoms with Gasteiger partial charge in [0.25, 0.3) is 0 Å². The first-order chi connectivity index (χ1) is 7.20. The topological polar surface area (TPSA) is 64.7 Å². The Labute approximate surface area is 96.5 Å². The number of hydrogen-bond donors (Lipinski definition) is 2. The summed E-state index contributed by atoms with van der Waals surface area (Å²) >= 11 is 1.72. The third-order valence-corrected chi connectivity index (χ3v) is 3.28. The van der Waals surface area contributed by atoms with E-state index in [1.807, 2.05) is 0 Å². The number of methoxy groups -OCH3 is 1. The van der Waals surface area contributed by atoms with Crippen LogP contribution in [0.15, 0.2) is 0 Å². The molecule has 0 rings (SSSR count). The van der Waals surface area contributed by atoms with E-state index in [0.717, 1.165) is 5.75 Å². The second kappa shape index (κ2) is 10.7. The zero-order valence-electron chi connectivity index (χ0n) is 9.65. The summed E-state index contributed by atoms with van der Waals surface area (Å²) in [5.41, 5.74) is 5.49. The molecule has 0 aliphatic rings. The van der Waals surface area contributed by atoms with Crippen molar-refractivity contribution in [2.24, 2.45) is 11.7 Å². The number of aliphatic hydroxyl groups is 1. The molecule has 0 amide bonds. The van der Waals surface area contributed by atoms with Crippen LogP contribution in [0.2, 0.25) is 0 Å². The monoisotopic (exact) mass is 237 g/mol. The summed E-state index contributed by atoms with van der Waals surface area (Å²) in [4.78, 5) is 0. The third-order valence-electron chi connectivity index (χ3n) is 1.86. The van der Waals surface area contributed by atoms with Crippen LogP contribution in [0.25, 0.3) is 0 Å². The van der Waals surface area contributed by atoms with Crippen molar-refractivity contribution in [3.8, 4) is 0 Å². The summed E-state index contributed by atoms with van der Waals surface area (Å²) in [5.74, 6) is 2.21. The highest BCUT2D eigenvalue weighted by Gasteiger charge is 2.06. The van der Waals surface area contributed by atoms with Gasteiger partial charge in [0.1, 0.15) is 0 Å². The van der Waals surface area contributed by atoms with Gasteiger partial charge in [-0.25, -0.2) is 0 Å². The average molecular weight is 237 g/mol. The molecule has 0 bridgehead atoms. The molecule has 2 atom stereocenters. The lowest BCUT2D eigenvalue weighted by Gasteiger charge is -2.12. The third kappa shape index (κ3) is 10.5. The van der Waals surface area contributed by atoms with Crippen LogP contribution >= 0.6 is 11.8 Å². The van der Waals surface area contributed by atoms with Crippen LogP contribution in [0.5, 0.6) is 0 Å². The van der Waals surface area contributed by atoms with Crippen LogP contribution in [0, 0.1) is 5.92 Å². The number of nitrogens with two attached hydrogens (primary N) is 1. The Morgan fingerprint density at radius 1 is 1.33 bits per heavy atom. The maximum atomic E-state index is 9.52. The fourth-order valence-electron chi connectivity index (χ4n) is 0.883. The molecular weight excluding hydrogens is 214 g/mol. The van der Waals surface area contributed by atoms with E-state index in [-0.39, 0.29) is 0 Å². The van der Waals surface area contributed by atoms with Gasteiger partial charge in [0.15, 0.2) is 0 Å². The Kier molecular flexibility index (Phi) is 10.8. The highest BCUT2D eigenvalue weighted by Crippen LogP contribution is 2.08. The Bertz CT molecular complexity index is 138. The van der Waals surface area contributed by atoms with Crippen molar-refractivity contribution < 1.29 is 14.6 Å². The standard InChI is InChI=1S/C10H23NO3S/c1-9(5-11)7-15-8-10(12)6-14-4-3-13-2/h9-10,12H,3-8,11H2,1-2H3. The van der Waals surface area contributed by atoms with E-state index in [0.29, 0.717) is 38.0 Å². The van der Waals surface area contributed by atoms with Crippen LogP contribution in [0.1, 0.15) is 6.92 Å². The molecule has 0 radical (unpaired) electrons. The summed E-state index contributed by atoms with van der Waals surface area (Å²) < 4.78 is 10.0. The van der Waals surface area contributed by atoms with Crippen molar-refractivity contribution in [3.63, 3.8) is 0 Å². The summed E-state index contributed by atoms with van der Waals surface area (Å²) in [7, 11) is 1.63. The van der Waals surface area contributed by atoms with Gasteiger partial charge in [-0.15, -0.1) is 0 Å². The van der Waals surface area contributed by atoms with E-state index < -0.39 is 6.10 Å². The van der Waals surface area contributed by atoms with Crippen molar-refractivity contribution >= 4 is 11.8 Å². The van der Waals surface area contributed by atoms with Gasteiger partial charge in [-0.05, 0) is 18.2 Å². The van der Waals surface area contributed by atoms with E-state index in [2.05, 4.69) is 6.92 Å². The second-order valence-corrected chi connectivity index (χ2v) is 4.67. The van der Waals surface area contributed by atoms with Crippen LogP contribution in [0.3, 0.4) is 0 Å². The minimum atomic E-state index is -0.392. The summed E-state index contributed by atoms with van der Waals surface area (Å²) in [6.45, 7) is 4.30. The maximum Gasteiger partial charge on any atom is 0.0863 e. The Hall–Kier alpha value is 0.190. The van der Waals surface area contributed by atoms with Crippen LogP contribution in [-0.2, 0) is 9.47 Å². The SMILES string of the molecule is COCCOCC(O)CSCC(C)CN. The lowest BCUT2D eigenvalue weighted by Crippen LogP contribution is -2.21. The van der Waals surface area contributed by atoms with Crippen molar-refractivity contribution in [1.82, 2.24) is 0 Å². The van der Waals surface area contributed by atoms with E-state index in [1.54, 1.807) is 18.9 Å². The molecule has 15 heavy (non-hydrogen) atoms. The molecule has 0 aromatic heterocycles. The van der Waals surface area contributed by atoms with Crippen molar-refractivity contribution in [2.75, 3.05) is 45.0 Å². The van der Waals surface area contributed by atoms with E-state index in [4.69, 9.17) is 15.2 Å². The molecule has 0 fully saturated rings. The van der Waals surface area contributed by atoms with Gasteiger partial charge in [0.05, 0.1) is 25.9 Å². The lowest BCUT2D eigenvalue weighted by molar-refractivity contribution is 0.0218. The van der Waals surface area contributed by atoms with Gasteiger partial charge in [-0.1, -0.05) is 6.92 Å². The molecule has 2 unspecified atom stereocenters. The summed E-state index contributed by atoms with van der Waals surface area (Å²) in [6, 6.07) is 0. The number of aliphatic hydroxyl groups excluding tert-OH is 1. The Morgan fingerprint density at radius 2 is 2.07 bits per heavy atom. The molecule has 0 aromatic carbocycles. The molecule has 5 heteroatoms. The lowest BCUT2D eigenvalue weighted by atomic mass is 10.2. The van der Waals surface area contributed by atoms with Crippen LogP contribution in [-0.4, -0.2) is 56.2 Å². The van der Waals surface area contributed by atoms with Crippen molar-refractivity contribution in [2.45, 2.75) is 13.0 Å². The van der Waals surface area contributed by atoms with Crippen LogP contribution < -0.4 is 5.73 Å². The zero-order valence-corrected chi connectivity index (χ0v) is 10.5. The molecule has 92 valence electrons. The van der Waals surface area contributed by atoms with Crippen molar-refractivity contribution in [3.05, 3.63) is 0 Å². The highest BCUT2D eigenvalue weighted by molar-refractivity contribution is 7.99. The summed E-state index contributed by atoms with van der Waals surface area (Å²) in [5, 5.41) is 9.52. The molecule has 0 heterocycles. The van der Waals surface area contributed by atoms with Crippen LogP contribution in [0.4, 0.5) is 0 Å². The van der Waals surface area contributed by atoms with E-state index in [9.17, 15) is 5.11 Å². The number of ether oxygens (including phenoxy) is 2. The first-order valence-corrected chi connectivity index (χ1v) is 6.38. The van der Waals surface area contributed by atoms with Gasteiger partial charge in [-0.2, -0.15) is 11.8 Å². The minimum absolute atomic E-state index is 0.382. The maximum absolute atomic E-state index is 9.52. The molecule has 4 nitrogen and oxygen atoms in total. The van der Waals surface area contributed by atoms with Crippen molar-refractivity contribution in [1.29, 1.82) is 0 Å². The van der Waals surface area contributed by atoms with Gasteiger partial charge < -0.3 is 20.3 Å². The second-order valence-electron chi connectivity index (χ2n) is 3.60.